The molecule has 84 valence electrons. The van der Waals surface area contributed by atoms with Gasteiger partial charge < -0.3 is 15.7 Å². The van der Waals surface area contributed by atoms with Gasteiger partial charge in [0.05, 0.1) is 0 Å². The molecule has 0 aromatic rings. The van der Waals surface area contributed by atoms with Crippen molar-refractivity contribution in [3.63, 3.8) is 0 Å². The zero-order valence-electron chi connectivity index (χ0n) is 8.44. The zero-order valence-corrected chi connectivity index (χ0v) is 8.44. The summed E-state index contributed by atoms with van der Waals surface area (Å²) in [5, 5.41) is 18.6. The Morgan fingerprint density at radius 1 is 1.60 bits per heavy atom. The number of hydrogen-bond donors (Lipinski definition) is 3. The molecular weight excluding hydrogens is 198 g/mol. The monoisotopic (exact) mass is 213 g/mol. The van der Waals surface area contributed by atoms with Gasteiger partial charge in [0.15, 0.2) is 0 Å². The van der Waals surface area contributed by atoms with Crippen LogP contribution in [0.5, 0.6) is 0 Å². The van der Waals surface area contributed by atoms with Crippen LogP contribution in [0.1, 0.15) is 12.8 Å². The van der Waals surface area contributed by atoms with Crippen LogP contribution >= 0.6 is 0 Å². The number of hydrogen-bond acceptors (Lipinski definition) is 4. The van der Waals surface area contributed by atoms with Gasteiger partial charge in [-0.1, -0.05) is 5.11 Å². The van der Waals surface area contributed by atoms with Crippen molar-refractivity contribution in [2.45, 2.75) is 18.4 Å². The minimum atomic E-state index is -0.851. The highest BCUT2D eigenvalue weighted by Crippen LogP contribution is 2.18. The predicted molar refractivity (Wildman–Crippen MR) is 54.5 cm³/mol. The average molecular weight is 213 g/mol. The normalized spacial score (nSPS) is 19.2. The Bertz CT molecular complexity index is 268. The maximum absolute atomic E-state index is 11.1. The average Bonchev–Trinajstić information content (AvgIpc) is 2.26. The van der Waals surface area contributed by atoms with E-state index in [1.54, 1.807) is 0 Å². The number of carboxylic acid groups (broad SMARTS) is 1. The summed E-state index contributed by atoms with van der Waals surface area (Å²) in [5.74, 6) is -0.829. The van der Waals surface area contributed by atoms with Gasteiger partial charge in [0.25, 0.3) is 0 Å². The molecule has 0 unspecified atom stereocenters. The van der Waals surface area contributed by atoms with Gasteiger partial charge in [0.1, 0.15) is 5.54 Å². The summed E-state index contributed by atoms with van der Waals surface area (Å²) < 4.78 is 0. The molecule has 0 radical (unpaired) electrons. The Balaban J connectivity index is 2.49. The van der Waals surface area contributed by atoms with Crippen molar-refractivity contribution < 1.29 is 9.90 Å². The van der Waals surface area contributed by atoms with Crippen LogP contribution in [0, 0.1) is 0 Å². The summed E-state index contributed by atoms with van der Waals surface area (Å²) in [7, 11) is 0. The fourth-order valence-electron chi connectivity index (χ4n) is 1.71. The fraction of sp³-hybridized carbons (Fsp3) is 0.875. The van der Waals surface area contributed by atoms with Crippen LogP contribution in [0.2, 0.25) is 0 Å². The number of nitrogens with one attached hydrogen (secondary N) is 2. The third-order valence-corrected chi connectivity index (χ3v) is 2.60. The molecule has 15 heavy (non-hydrogen) atoms. The van der Waals surface area contributed by atoms with Crippen LogP contribution < -0.4 is 10.6 Å². The highest BCUT2D eigenvalue weighted by Gasteiger charge is 2.38. The first kappa shape index (κ1) is 11.8. The lowest BCUT2D eigenvalue weighted by molar-refractivity contribution is -0.146. The highest BCUT2D eigenvalue weighted by molar-refractivity contribution is 5.79. The van der Waals surface area contributed by atoms with Crippen LogP contribution in [0.3, 0.4) is 0 Å². The number of rotatable bonds is 5. The van der Waals surface area contributed by atoms with Crippen LogP contribution in [-0.2, 0) is 4.79 Å². The molecule has 3 N–H and O–H groups in total. The molecule has 0 spiro atoms. The molecule has 1 saturated heterocycles. The van der Waals surface area contributed by atoms with Crippen molar-refractivity contribution in [3.05, 3.63) is 10.4 Å². The molecule has 7 heteroatoms. The van der Waals surface area contributed by atoms with Gasteiger partial charge in [0, 0.05) is 18.0 Å². The van der Waals surface area contributed by atoms with E-state index >= 15 is 0 Å². The van der Waals surface area contributed by atoms with Crippen LogP contribution in [-0.4, -0.2) is 42.8 Å². The molecule has 0 aliphatic carbocycles. The molecule has 1 rings (SSSR count). The van der Waals surface area contributed by atoms with Crippen LogP contribution in [0.25, 0.3) is 10.4 Å². The van der Waals surface area contributed by atoms with Crippen molar-refractivity contribution in [1.29, 1.82) is 0 Å². The second-order valence-electron chi connectivity index (χ2n) is 3.52. The van der Waals surface area contributed by atoms with Crippen LogP contribution in [0.15, 0.2) is 5.11 Å². The molecule has 0 saturated carbocycles. The van der Waals surface area contributed by atoms with E-state index in [0.717, 1.165) is 0 Å². The van der Waals surface area contributed by atoms with Gasteiger partial charge in [-0.15, -0.1) is 0 Å². The first-order chi connectivity index (χ1) is 7.21. The summed E-state index contributed by atoms with van der Waals surface area (Å²) in [6.45, 7) is 2.07. The van der Waals surface area contributed by atoms with Gasteiger partial charge in [-0.05, 0) is 31.5 Å². The lowest BCUT2D eigenvalue weighted by atomic mass is 9.88. The third kappa shape index (κ3) is 3.09. The fourth-order valence-corrected chi connectivity index (χ4v) is 1.71. The van der Waals surface area contributed by atoms with Crippen molar-refractivity contribution in [2.24, 2.45) is 5.11 Å². The van der Waals surface area contributed by atoms with E-state index in [1.807, 2.05) is 0 Å². The Morgan fingerprint density at radius 3 is 2.80 bits per heavy atom. The molecule has 0 atom stereocenters. The molecule has 0 aromatic carbocycles. The molecule has 0 bridgehead atoms. The van der Waals surface area contributed by atoms with Gasteiger partial charge in [-0.25, -0.2) is 0 Å². The number of carboxylic acids is 1. The van der Waals surface area contributed by atoms with E-state index in [2.05, 4.69) is 20.7 Å². The van der Waals surface area contributed by atoms with Crippen molar-refractivity contribution in [2.75, 3.05) is 26.2 Å². The summed E-state index contributed by atoms with van der Waals surface area (Å²) >= 11 is 0. The van der Waals surface area contributed by atoms with E-state index < -0.39 is 11.5 Å². The van der Waals surface area contributed by atoms with Gasteiger partial charge in [0.2, 0.25) is 0 Å². The van der Waals surface area contributed by atoms with Crippen molar-refractivity contribution in [1.82, 2.24) is 10.6 Å². The molecular formula is C8H15N5O2. The molecule has 1 heterocycles. The van der Waals surface area contributed by atoms with Crippen molar-refractivity contribution >= 4 is 5.97 Å². The van der Waals surface area contributed by atoms with E-state index in [-0.39, 0.29) is 6.54 Å². The molecule has 0 amide bonds. The van der Waals surface area contributed by atoms with Gasteiger partial charge in [-0.3, -0.25) is 4.79 Å². The lowest BCUT2D eigenvalue weighted by Crippen LogP contribution is -2.58. The summed E-state index contributed by atoms with van der Waals surface area (Å²) in [4.78, 5) is 13.8. The third-order valence-electron chi connectivity index (χ3n) is 2.60. The summed E-state index contributed by atoms with van der Waals surface area (Å²) in [5.41, 5.74) is 7.23. The first-order valence-corrected chi connectivity index (χ1v) is 4.91. The van der Waals surface area contributed by atoms with Gasteiger partial charge >= 0.3 is 5.97 Å². The number of azide groups is 1. The quantitative estimate of drug-likeness (QED) is 0.260. The number of piperidine rings is 1. The van der Waals surface area contributed by atoms with Crippen LogP contribution in [0.4, 0.5) is 0 Å². The minimum Gasteiger partial charge on any atom is -0.480 e. The van der Waals surface area contributed by atoms with E-state index in [1.165, 1.54) is 0 Å². The molecule has 0 aromatic heterocycles. The molecule has 7 nitrogen and oxygen atoms in total. The topological polar surface area (TPSA) is 110 Å². The zero-order chi connectivity index (χ0) is 11.1. The van der Waals surface area contributed by atoms with E-state index in [0.29, 0.717) is 32.5 Å². The molecule has 1 fully saturated rings. The maximum Gasteiger partial charge on any atom is 0.323 e. The number of carbonyl (C=O) groups is 1. The second-order valence-corrected chi connectivity index (χ2v) is 3.52. The standard InChI is InChI=1S/C8H15N5O2/c9-13-12-6-5-11-8(7(14)15)1-3-10-4-2-8/h10-11H,1-6H2,(H,14,15). The Kier molecular flexibility index (Phi) is 4.36. The van der Waals surface area contributed by atoms with E-state index in [9.17, 15) is 4.79 Å². The Hall–Kier alpha value is -1.30. The molecule has 1 aliphatic rings. The summed E-state index contributed by atoms with van der Waals surface area (Å²) in [6.07, 6.45) is 1.11. The Morgan fingerprint density at radius 2 is 2.27 bits per heavy atom. The minimum absolute atomic E-state index is 0.277. The second kappa shape index (κ2) is 5.55. The summed E-state index contributed by atoms with van der Waals surface area (Å²) in [6, 6.07) is 0. The predicted octanol–water partition coefficient (Wildman–Crippen LogP) is 0.0931. The Labute approximate surface area is 87.5 Å². The highest BCUT2D eigenvalue weighted by atomic mass is 16.4. The number of nitrogens with zero attached hydrogens (tertiary/aromatic N) is 3. The largest absolute Gasteiger partial charge is 0.480 e. The first-order valence-electron chi connectivity index (χ1n) is 4.91. The van der Waals surface area contributed by atoms with E-state index in [4.69, 9.17) is 10.6 Å². The lowest BCUT2D eigenvalue weighted by Gasteiger charge is -2.34. The smallest absolute Gasteiger partial charge is 0.323 e. The number of aliphatic carboxylic acids is 1. The van der Waals surface area contributed by atoms with Gasteiger partial charge in [-0.2, -0.15) is 0 Å². The SMILES string of the molecule is [N-]=[N+]=NCCNC1(C(=O)O)CCNCC1. The molecule has 1 aliphatic heterocycles. The maximum atomic E-state index is 11.1. The van der Waals surface area contributed by atoms with Crippen molar-refractivity contribution in [3.8, 4) is 0 Å².